The maximum absolute atomic E-state index is 12.2. The minimum absolute atomic E-state index is 0.0700. The van der Waals surface area contributed by atoms with Gasteiger partial charge in [-0.15, -0.1) is 0 Å². The SMILES string of the molecule is COc1ccc(C(=O)C(C)SC(=S)NC(C)C)cc1. The smallest absolute Gasteiger partial charge is 0.175 e. The maximum atomic E-state index is 12.2. The normalized spacial score (nSPS) is 12.1. The third kappa shape index (κ3) is 5.20. The summed E-state index contributed by atoms with van der Waals surface area (Å²) in [5, 5.41) is 2.92. The molecule has 1 atom stereocenters. The molecular weight excluding hydrogens is 278 g/mol. The first kappa shape index (κ1) is 16.0. The topological polar surface area (TPSA) is 38.3 Å². The molecule has 0 bridgehead atoms. The second-order valence-corrected chi connectivity index (χ2v) is 6.46. The summed E-state index contributed by atoms with van der Waals surface area (Å²) >= 11 is 6.58. The lowest BCUT2D eigenvalue weighted by Crippen LogP contribution is -2.29. The Morgan fingerprint density at radius 1 is 1.26 bits per heavy atom. The molecule has 0 saturated carbocycles. The van der Waals surface area contributed by atoms with Crippen molar-refractivity contribution in [1.29, 1.82) is 0 Å². The zero-order valence-corrected chi connectivity index (χ0v) is 13.2. The summed E-state index contributed by atoms with van der Waals surface area (Å²) in [6.07, 6.45) is 0. The molecule has 0 spiro atoms. The second-order valence-electron chi connectivity index (χ2n) is 4.44. The van der Waals surface area contributed by atoms with Gasteiger partial charge in [0.05, 0.1) is 12.4 Å². The van der Waals surface area contributed by atoms with Gasteiger partial charge in [0.2, 0.25) is 0 Å². The standard InChI is InChI=1S/C14H19NO2S2/c1-9(2)15-14(18)19-10(3)13(16)11-5-7-12(17-4)8-6-11/h5-10H,1-4H3,(H,15,18). The number of thioether (sulfide) groups is 1. The zero-order chi connectivity index (χ0) is 14.4. The number of hydrogen-bond acceptors (Lipinski definition) is 4. The van der Waals surface area contributed by atoms with Crippen LogP contribution in [-0.2, 0) is 0 Å². The Hall–Kier alpha value is -1.07. The highest BCUT2D eigenvalue weighted by Gasteiger charge is 2.17. The number of rotatable bonds is 5. The molecule has 19 heavy (non-hydrogen) atoms. The Balaban J connectivity index is 2.63. The Kier molecular flexibility index (Phi) is 6.31. The first-order valence-electron chi connectivity index (χ1n) is 6.09. The van der Waals surface area contributed by atoms with Crippen molar-refractivity contribution in [2.45, 2.75) is 32.1 Å². The Morgan fingerprint density at radius 2 is 1.84 bits per heavy atom. The van der Waals surface area contributed by atoms with Gasteiger partial charge >= 0.3 is 0 Å². The van der Waals surface area contributed by atoms with Gasteiger partial charge in [0.25, 0.3) is 0 Å². The highest BCUT2D eigenvalue weighted by Crippen LogP contribution is 2.19. The van der Waals surface area contributed by atoms with Crippen LogP contribution >= 0.6 is 24.0 Å². The molecule has 0 aromatic heterocycles. The van der Waals surface area contributed by atoms with Crippen molar-refractivity contribution in [3.05, 3.63) is 29.8 Å². The van der Waals surface area contributed by atoms with E-state index >= 15 is 0 Å². The van der Waals surface area contributed by atoms with E-state index in [1.54, 1.807) is 31.4 Å². The predicted octanol–water partition coefficient (Wildman–Crippen LogP) is 3.28. The first-order chi connectivity index (χ1) is 8.93. The van der Waals surface area contributed by atoms with Crippen LogP contribution in [0.4, 0.5) is 0 Å². The number of benzene rings is 1. The summed E-state index contributed by atoms with van der Waals surface area (Å²) in [6.45, 7) is 5.90. The lowest BCUT2D eigenvalue weighted by molar-refractivity contribution is 0.0994. The van der Waals surface area contributed by atoms with E-state index in [1.165, 1.54) is 11.8 Å². The number of hydrogen-bond donors (Lipinski definition) is 1. The van der Waals surface area contributed by atoms with E-state index in [4.69, 9.17) is 17.0 Å². The van der Waals surface area contributed by atoms with Gasteiger partial charge in [-0.3, -0.25) is 4.79 Å². The summed E-state index contributed by atoms with van der Waals surface area (Å²) < 4.78 is 5.73. The quantitative estimate of drug-likeness (QED) is 0.667. The fourth-order valence-corrected chi connectivity index (χ4v) is 3.01. The van der Waals surface area contributed by atoms with Crippen molar-refractivity contribution in [1.82, 2.24) is 5.32 Å². The fraction of sp³-hybridized carbons (Fsp3) is 0.429. The van der Waals surface area contributed by atoms with E-state index in [2.05, 4.69) is 5.32 Å². The molecule has 1 aromatic carbocycles. The van der Waals surface area contributed by atoms with E-state index in [0.29, 0.717) is 9.88 Å². The molecule has 104 valence electrons. The number of Topliss-reactive ketones (excluding diaryl/α,β-unsaturated/α-hetero) is 1. The van der Waals surface area contributed by atoms with Gasteiger partial charge in [0.1, 0.15) is 10.1 Å². The van der Waals surface area contributed by atoms with Crippen LogP contribution in [0, 0.1) is 0 Å². The third-order valence-electron chi connectivity index (χ3n) is 2.43. The predicted molar refractivity (Wildman–Crippen MR) is 85.2 cm³/mol. The molecule has 0 saturated heterocycles. The van der Waals surface area contributed by atoms with E-state index in [1.807, 2.05) is 20.8 Å². The molecule has 0 aliphatic carbocycles. The van der Waals surface area contributed by atoms with Crippen molar-refractivity contribution in [2.24, 2.45) is 0 Å². The summed E-state index contributed by atoms with van der Waals surface area (Å²) in [4.78, 5) is 12.2. The van der Waals surface area contributed by atoms with Crippen LogP contribution in [0.15, 0.2) is 24.3 Å². The van der Waals surface area contributed by atoms with Crippen LogP contribution in [0.3, 0.4) is 0 Å². The number of carbonyl (C=O) groups excluding carboxylic acids is 1. The van der Waals surface area contributed by atoms with Crippen molar-refractivity contribution in [3.8, 4) is 5.75 Å². The van der Waals surface area contributed by atoms with Crippen LogP contribution in [0.25, 0.3) is 0 Å². The highest BCUT2D eigenvalue weighted by atomic mass is 32.2. The molecule has 0 heterocycles. The first-order valence-corrected chi connectivity index (χ1v) is 7.38. The fourth-order valence-electron chi connectivity index (χ4n) is 1.47. The average molecular weight is 297 g/mol. The van der Waals surface area contributed by atoms with Gasteiger partial charge in [-0.25, -0.2) is 0 Å². The number of ether oxygens (including phenoxy) is 1. The summed E-state index contributed by atoms with van der Waals surface area (Å²) in [5.74, 6) is 0.814. The van der Waals surface area contributed by atoms with E-state index in [0.717, 1.165) is 5.75 Å². The Bertz CT molecular complexity index is 443. The minimum atomic E-state index is -0.202. The molecule has 0 aliphatic heterocycles. The van der Waals surface area contributed by atoms with Crippen LogP contribution in [0.5, 0.6) is 5.75 Å². The Morgan fingerprint density at radius 3 is 2.32 bits per heavy atom. The van der Waals surface area contributed by atoms with Gasteiger partial charge in [-0.2, -0.15) is 0 Å². The average Bonchev–Trinajstić information content (AvgIpc) is 2.36. The molecule has 0 fully saturated rings. The largest absolute Gasteiger partial charge is 0.497 e. The number of carbonyl (C=O) groups is 1. The lowest BCUT2D eigenvalue weighted by atomic mass is 10.1. The third-order valence-corrected chi connectivity index (χ3v) is 3.74. The maximum Gasteiger partial charge on any atom is 0.175 e. The zero-order valence-electron chi connectivity index (χ0n) is 11.6. The molecular formula is C14H19NO2S2. The summed E-state index contributed by atoms with van der Waals surface area (Å²) in [5.41, 5.74) is 0.674. The van der Waals surface area contributed by atoms with Crippen molar-refractivity contribution < 1.29 is 9.53 Å². The molecule has 3 nitrogen and oxygen atoms in total. The van der Waals surface area contributed by atoms with Crippen LogP contribution in [0.2, 0.25) is 0 Å². The van der Waals surface area contributed by atoms with Crippen LogP contribution in [-0.4, -0.2) is 28.5 Å². The van der Waals surface area contributed by atoms with Crippen molar-refractivity contribution in [3.63, 3.8) is 0 Å². The molecule has 0 radical (unpaired) electrons. The van der Waals surface area contributed by atoms with Crippen molar-refractivity contribution in [2.75, 3.05) is 7.11 Å². The molecule has 0 aliphatic rings. The summed E-state index contributed by atoms with van der Waals surface area (Å²) in [7, 11) is 1.60. The lowest BCUT2D eigenvalue weighted by Gasteiger charge is -2.14. The van der Waals surface area contributed by atoms with Gasteiger partial charge < -0.3 is 10.1 Å². The van der Waals surface area contributed by atoms with Gasteiger partial charge in [0, 0.05) is 11.6 Å². The molecule has 0 amide bonds. The van der Waals surface area contributed by atoms with Gasteiger partial charge in [-0.05, 0) is 45.0 Å². The van der Waals surface area contributed by atoms with E-state index in [9.17, 15) is 4.79 Å². The van der Waals surface area contributed by atoms with Crippen molar-refractivity contribution >= 4 is 34.1 Å². The van der Waals surface area contributed by atoms with E-state index in [-0.39, 0.29) is 17.1 Å². The molecule has 1 rings (SSSR count). The van der Waals surface area contributed by atoms with Gasteiger partial charge in [0.15, 0.2) is 5.78 Å². The number of nitrogens with one attached hydrogen (secondary N) is 1. The molecule has 5 heteroatoms. The molecule has 1 unspecified atom stereocenters. The van der Waals surface area contributed by atoms with Crippen LogP contribution < -0.4 is 10.1 Å². The number of ketones is 1. The monoisotopic (exact) mass is 297 g/mol. The van der Waals surface area contributed by atoms with Crippen LogP contribution in [0.1, 0.15) is 31.1 Å². The number of methoxy groups -OCH3 is 1. The van der Waals surface area contributed by atoms with Gasteiger partial charge in [-0.1, -0.05) is 24.0 Å². The highest BCUT2D eigenvalue weighted by molar-refractivity contribution is 8.23. The Labute approximate surface area is 124 Å². The molecule has 1 aromatic rings. The minimum Gasteiger partial charge on any atom is -0.497 e. The van der Waals surface area contributed by atoms with E-state index < -0.39 is 0 Å². The second kappa shape index (κ2) is 7.50. The number of thiocarbonyl (C=S) groups is 1. The molecule has 1 N–H and O–H groups in total. The summed E-state index contributed by atoms with van der Waals surface area (Å²) in [6, 6.07) is 7.40.